The van der Waals surface area contributed by atoms with Gasteiger partial charge in [0.2, 0.25) is 0 Å². The maximum Gasteiger partial charge on any atom is 0.303 e. The van der Waals surface area contributed by atoms with E-state index in [1.54, 1.807) is 30.3 Å². The molecule has 3 aliphatic rings. The standard InChI is InChI=1S/C43H56O25/c1-19(44)54-16-29-32(53)35(68-43-40(63-27(9)52)36(59-23(5)48)33(58-22(4)47)30(66-43)17-55-20(2)45)38(61-25(7)50)42(64-29)67-34-31(18-56-21(3)46)65-41(57-15-28-13-11-10-12-14-28)39(62-26(8)51)37(34)60-24(6)49/h10-14,29-43,53H,15-18H2,1-9H3. The summed E-state index contributed by atoms with van der Waals surface area (Å²) in [5.74, 6) is -8.26. The number of benzene rings is 1. The minimum atomic E-state index is -2.01. The molecular formula is C43H56O25. The number of aliphatic hydroxyl groups excluding tert-OH is 1. The molecule has 4 rings (SSSR count). The minimum absolute atomic E-state index is 0.129. The van der Waals surface area contributed by atoms with Crippen LogP contribution in [0.4, 0.5) is 0 Å². The van der Waals surface area contributed by atoms with Crippen molar-refractivity contribution >= 4 is 53.7 Å². The van der Waals surface area contributed by atoms with E-state index in [1.165, 1.54) is 0 Å². The average Bonchev–Trinajstić information content (AvgIpc) is 3.23. The Morgan fingerprint density at radius 2 is 0.750 bits per heavy atom. The van der Waals surface area contributed by atoms with Crippen LogP contribution >= 0.6 is 0 Å². The summed E-state index contributed by atoms with van der Waals surface area (Å²) in [6.45, 7) is 7.02. The monoisotopic (exact) mass is 972 g/mol. The summed E-state index contributed by atoms with van der Waals surface area (Å²) in [5.41, 5.74) is 0.650. The minimum Gasteiger partial charge on any atom is -0.463 e. The molecular weight excluding hydrogens is 916 g/mol. The van der Waals surface area contributed by atoms with Crippen LogP contribution in [0.5, 0.6) is 0 Å². The molecule has 25 heteroatoms. The van der Waals surface area contributed by atoms with Crippen molar-refractivity contribution in [1.82, 2.24) is 0 Å². The summed E-state index contributed by atoms with van der Waals surface area (Å²) in [5, 5.41) is 12.0. The van der Waals surface area contributed by atoms with Crippen LogP contribution in [0.3, 0.4) is 0 Å². The Kier molecular flexibility index (Phi) is 20.5. The quantitative estimate of drug-likeness (QED) is 0.138. The fourth-order valence-corrected chi connectivity index (χ4v) is 7.32. The predicted octanol–water partition coefficient (Wildman–Crippen LogP) is -0.211. The summed E-state index contributed by atoms with van der Waals surface area (Å²) < 4.78 is 86.3. The molecule has 3 heterocycles. The molecule has 1 N–H and O–H groups in total. The van der Waals surface area contributed by atoms with Crippen LogP contribution in [0.1, 0.15) is 67.9 Å². The Morgan fingerprint density at radius 3 is 1.21 bits per heavy atom. The molecule has 0 amide bonds. The van der Waals surface area contributed by atoms with Crippen LogP contribution < -0.4 is 0 Å². The molecule has 0 spiro atoms. The van der Waals surface area contributed by atoms with Gasteiger partial charge in [0.05, 0.1) is 6.61 Å². The molecule has 0 radical (unpaired) electrons. The van der Waals surface area contributed by atoms with Gasteiger partial charge in [-0.15, -0.1) is 0 Å². The fourth-order valence-electron chi connectivity index (χ4n) is 7.32. The Hall–Kier alpha value is -5.83. The van der Waals surface area contributed by atoms with E-state index in [1.807, 2.05) is 0 Å². The lowest BCUT2D eigenvalue weighted by molar-refractivity contribution is -0.381. The molecule has 15 atom stereocenters. The van der Waals surface area contributed by atoms with E-state index >= 15 is 0 Å². The molecule has 15 unspecified atom stereocenters. The number of hydrogen-bond donors (Lipinski definition) is 1. The molecule has 0 saturated carbocycles. The van der Waals surface area contributed by atoms with Gasteiger partial charge in [0, 0.05) is 62.3 Å². The van der Waals surface area contributed by atoms with Gasteiger partial charge < -0.3 is 76.2 Å². The topological polar surface area (TPSA) is 312 Å². The van der Waals surface area contributed by atoms with Gasteiger partial charge >= 0.3 is 53.7 Å². The number of rotatable bonds is 19. The third-order valence-corrected chi connectivity index (χ3v) is 9.81. The third-order valence-electron chi connectivity index (χ3n) is 9.81. The normalized spacial score (nSPS) is 31.1. The zero-order chi connectivity index (χ0) is 50.4. The fraction of sp³-hybridized carbons (Fsp3) is 0.651. The van der Waals surface area contributed by atoms with E-state index in [0.717, 1.165) is 62.3 Å². The highest BCUT2D eigenvalue weighted by molar-refractivity contribution is 5.70. The van der Waals surface area contributed by atoms with Crippen LogP contribution in [0.15, 0.2) is 30.3 Å². The van der Waals surface area contributed by atoms with Crippen LogP contribution in [0.2, 0.25) is 0 Å². The number of carbonyl (C=O) groups excluding carboxylic acids is 9. The first-order chi connectivity index (χ1) is 32.0. The SMILES string of the molecule is CC(=O)OCC1OC(OC2C(COC(C)=O)OC(OCc3ccccc3)C(OC(C)=O)C2OC(C)=O)C(OC(C)=O)C(OC2OC(COC(C)=O)C(OC(C)=O)C(OC(C)=O)C2OC(C)=O)C1O. The lowest BCUT2D eigenvalue weighted by atomic mass is 9.95. The lowest BCUT2D eigenvalue weighted by Gasteiger charge is -2.50. The first kappa shape index (κ1) is 54.8. The third kappa shape index (κ3) is 16.2. The molecule has 378 valence electrons. The van der Waals surface area contributed by atoms with Crippen LogP contribution in [-0.4, -0.2) is 171 Å². The second-order valence-electron chi connectivity index (χ2n) is 15.5. The second-order valence-corrected chi connectivity index (χ2v) is 15.5. The molecule has 3 aliphatic heterocycles. The van der Waals surface area contributed by atoms with Crippen molar-refractivity contribution in [2.24, 2.45) is 0 Å². The highest BCUT2D eigenvalue weighted by atomic mass is 16.8. The van der Waals surface area contributed by atoms with Crippen molar-refractivity contribution in [2.45, 2.75) is 161 Å². The van der Waals surface area contributed by atoms with E-state index < -0.39 is 166 Å². The highest BCUT2D eigenvalue weighted by Gasteiger charge is 2.59. The van der Waals surface area contributed by atoms with Gasteiger partial charge in [-0.25, -0.2) is 0 Å². The highest BCUT2D eigenvalue weighted by Crippen LogP contribution is 2.37. The maximum atomic E-state index is 13.0. The zero-order valence-electron chi connectivity index (χ0n) is 38.6. The Bertz CT molecular complexity index is 1940. The van der Waals surface area contributed by atoms with Gasteiger partial charge in [0.25, 0.3) is 0 Å². The van der Waals surface area contributed by atoms with Crippen molar-refractivity contribution in [3.8, 4) is 0 Å². The van der Waals surface area contributed by atoms with Gasteiger partial charge in [-0.3, -0.25) is 43.2 Å². The van der Waals surface area contributed by atoms with Crippen molar-refractivity contribution in [3.05, 3.63) is 35.9 Å². The Morgan fingerprint density at radius 1 is 0.412 bits per heavy atom. The van der Waals surface area contributed by atoms with Gasteiger partial charge in [-0.2, -0.15) is 0 Å². The van der Waals surface area contributed by atoms with Gasteiger partial charge in [-0.1, -0.05) is 30.3 Å². The summed E-state index contributed by atoms with van der Waals surface area (Å²) in [7, 11) is 0. The molecule has 25 nitrogen and oxygen atoms in total. The Balaban J connectivity index is 1.87. The first-order valence-electron chi connectivity index (χ1n) is 21.1. The van der Waals surface area contributed by atoms with Gasteiger partial charge in [0.1, 0.15) is 56.4 Å². The molecule has 0 aliphatic carbocycles. The van der Waals surface area contributed by atoms with Crippen molar-refractivity contribution < 1.29 is 119 Å². The molecule has 1 aromatic rings. The van der Waals surface area contributed by atoms with E-state index in [2.05, 4.69) is 0 Å². The van der Waals surface area contributed by atoms with Crippen molar-refractivity contribution in [1.29, 1.82) is 0 Å². The number of aliphatic hydroxyl groups is 1. The largest absolute Gasteiger partial charge is 0.463 e. The molecule has 3 fully saturated rings. The van der Waals surface area contributed by atoms with E-state index in [9.17, 15) is 48.3 Å². The van der Waals surface area contributed by atoms with Crippen LogP contribution in [-0.2, 0) is 121 Å². The smallest absolute Gasteiger partial charge is 0.303 e. The van der Waals surface area contributed by atoms with E-state index in [0.29, 0.717) is 5.56 Å². The van der Waals surface area contributed by atoms with Gasteiger partial charge in [-0.05, 0) is 5.56 Å². The summed E-state index contributed by atoms with van der Waals surface area (Å²) in [6, 6.07) is 8.70. The number of esters is 9. The molecule has 68 heavy (non-hydrogen) atoms. The summed E-state index contributed by atoms with van der Waals surface area (Å²) in [6.07, 6.45) is -26.5. The number of ether oxygens (including phenoxy) is 15. The van der Waals surface area contributed by atoms with E-state index in [-0.39, 0.29) is 6.61 Å². The summed E-state index contributed by atoms with van der Waals surface area (Å²) >= 11 is 0. The predicted molar refractivity (Wildman–Crippen MR) is 216 cm³/mol. The number of hydrogen-bond acceptors (Lipinski definition) is 25. The summed E-state index contributed by atoms with van der Waals surface area (Å²) in [4.78, 5) is 112. The second kappa shape index (κ2) is 25.5. The molecule has 3 saturated heterocycles. The molecule has 0 bridgehead atoms. The van der Waals surface area contributed by atoms with Crippen LogP contribution in [0.25, 0.3) is 0 Å². The van der Waals surface area contributed by atoms with Crippen molar-refractivity contribution in [3.63, 3.8) is 0 Å². The first-order valence-corrected chi connectivity index (χ1v) is 21.1. The average molecular weight is 973 g/mol. The zero-order valence-corrected chi connectivity index (χ0v) is 38.6. The lowest BCUT2D eigenvalue weighted by Crippen LogP contribution is -2.68. The van der Waals surface area contributed by atoms with E-state index in [4.69, 9.17) is 71.1 Å². The molecule has 0 aromatic heterocycles. The number of carbonyl (C=O) groups is 9. The van der Waals surface area contributed by atoms with Crippen LogP contribution in [0, 0.1) is 0 Å². The maximum absolute atomic E-state index is 13.0. The van der Waals surface area contributed by atoms with Gasteiger partial charge in [0.15, 0.2) is 55.5 Å². The Labute approximate surface area is 389 Å². The molecule has 1 aromatic carbocycles. The van der Waals surface area contributed by atoms with Crippen molar-refractivity contribution in [2.75, 3.05) is 19.8 Å².